The molecule has 0 saturated carbocycles. The predicted molar refractivity (Wildman–Crippen MR) is 79.5 cm³/mol. The molecule has 0 amide bonds. The Hall–Kier alpha value is -1.35. The Morgan fingerprint density at radius 3 is 2.37 bits per heavy atom. The van der Waals surface area contributed by atoms with E-state index in [4.69, 9.17) is 4.74 Å². The van der Waals surface area contributed by atoms with Gasteiger partial charge in [0.25, 0.3) is 0 Å². The number of aryl methyl sites for hydroxylation is 1. The first kappa shape index (κ1) is 14.1. The van der Waals surface area contributed by atoms with E-state index in [0.29, 0.717) is 6.61 Å². The molecule has 2 aromatic carbocycles. The van der Waals surface area contributed by atoms with Crippen LogP contribution in [-0.2, 0) is 0 Å². The van der Waals surface area contributed by atoms with Crippen molar-refractivity contribution in [2.24, 2.45) is 0 Å². The Morgan fingerprint density at radius 1 is 1.11 bits per heavy atom. The number of alkyl halides is 1. The van der Waals surface area contributed by atoms with Crippen LogP contribution in [0.4, 0.5) is 4.39 Å². The largest absolute Gasteiger partial charge is 0.494 e. The van der Waals surface area contributed by atoms with Crippen LogP contribution in [0.25, 0.3) is 0 Å². The van der Waals surface area contributed by atoms with Crippen LogP contribution in [0.1, 0.15) is 28.4 Å². The average molecular weight is 323 g/mol. The van der Waals surface area contributed by atoms with Crippen molar-refractivity contribution in [3.05, 3.63) is 65.0 Å². The second kappa shape index (κ2) is 6.20. The molecule has 19 heavy (non-hydrogen) atoms. The van der Waals surface area contributed by atoms with Crippen LogP contribution in [0, 0.1) is 12.7 Å². The Kier molecular flexibility index (Phi) is 4.59. The minimum atomic E-state index is -0.203. The molecule has 1 atom stereocenters. The van der Waals surface area contributed by atoms with Gasteiger partial charge in [0.05, 0.1) is 11.4 Å². The first-order chi connectivity index (χ1) is 9.10. The monoisotopic (exact) mass is 322 g/mol. The molecule has 1 nitrogen and oxygen atoms in total. The van der Waals surface area contributed by atoms with E-state index in [9.17, 15) is 4.39 Å². The Balaban J connectivity index is 2.25. The Morgan fingerprint density at radius 2 is 1.79 bits per heavy atom. The van der Waals surface area contributed by atoms with Crippen LogP contribution >= 0.6 is 15.9 Å². The summed E-state index contributed by atoms with van der Waals surface area (Å²) in [5.74, 6) is 0.645. The molecule has 0 bridgehead atoms. The van der Waals surface area contributed by atoms with Crippen molar-refractivity contribution in [1.82, 2.24) is 0 Å². The van der Waals surface area contributed by atoms with Gasteiger partial charge in [-0.05, 0) is 54.8 Å². The lowest BCUT2D eigenvalue weighted by Crippen LogP contribution is -1.96. The second-order valence-electron chi connectivity index (χ2n) is 4.43. The molecule has 0 fully saturated rings. The van der Waals surface area contributed by atoms with Gasteiger partial charge in [0.15, 0.2) is 0 Å². The van der Waals surface area contributed by atoms with Gasteiger partial charge in [-0.15, -0.1) is 0 Å². The van der Waals surface area contributed by atoms with Gasteiger partial charge in [-0.3, -0.25) is 0 Å². The molecule has 2 aromatic rings. The van der Waals surface area contributed by atoms with Gasteiger partial charge in [-0.2, -0.15) is 0 Å². The highest BCUT2D eigenvalue weighted by Gasteiger charge is 2.12. The number of halogens is 2. The summed E-state index contributed by atoms with van der Waals surface area (Å²) in [4.78, 5) is -0.0161. The fourth-order valence-electron chi connectivity index (χ4n) is 2.00. The number of rotatable bonds is 4. The summed E-state index contributed by atoms with van der Waals surface area (Å²) in [6.07, 6.45) is 0. The predicted octanol–water partition coefficient (Wildman–Crippen LogP) is 5.02. The van der Waals surface area contributed by atoms with E-state index < -0.39 is 0 Å². The van der Waals surface area contributed by atoms with E-state index in [2.05, 4.69) is 15.9 Å². The van der Waals surface area contributed by atoms with E-state index in [1.54, 1.807) is 6.07 Å². The fourth-order valence-corrected chi connectivity index (χ4v) is 2.57. The molecule has 0 saturated heterocycles. The van der Waals surface area contributed by atoms with Gasteiger partial charge in [-0.1, -0.05) is 34.1 Å². The molecule has 0 aliphatic rings. The van der Waals surface area contributed by atoms with Crippen LogP contribution < -0.4 is 4.74 Å². The van der Waals surface area contributed by atoms with Crippen molar-refractivity contribution in [2.45, 2.75) is 18.7 Å². The molecule has 2 rings (SSSR count). The van der Waals surface area contributed by atoms with Crippen molar-refractivity contribution < 1.29 is 9.13 Å². The highest BCUT2D eigenvalue weighted by Crippen LogP contribution is 2.32. The van der Waals surface area contributed by atoms with Crippen LogP contribution in [0.3, 0.4) is 0 Å². The molecular weight excluding hydrogens is 307 g/mol. The third-order valence-corrected chi connectivity index (χ3v) is 3.90. The zero-order valence-electron chi connectivity index (χ0n) is 11.0. The van der Waals surface area contributed by atoms with Crippen molar-refractivity contribution >= 4 is 15.9 Å². The van der Waals surface area contributed by atoms with Crippen LogP contribution in [0.5, 0.6) is 5.75 Å². The summed E-state index contributed by atoms with van der Waals surface area (Å²) in [7, 11) is 0. The molecular formula is C16H16BrFO. The van der Waals surface area contributed by atoms with Gasteiger partial charge in [0.2, 0.25) is 0 Å². The quantitative estimate of drug-likeness (QED) is 0.718. The second-order valence-corrected chi connectivity index (χ2v) is 5.34. The molecule has 0 aliphatic carbocycles. The maximum Gasteiger partial charge on any atom is 0.123 e. The van der Waals surface area contributed by atoms with Gasteiger partial charge < -0.3 is 4.74 Å². The fraction of sp³-hybridized carbons (Fsp3) is 0.250. The van der Waals surface area contributed by atoms with Crippen molar-refractivity contribution in [3.8, 4) is 5.75 Å². The highest BCUT2D eigenvalue weighted by molar-refractivity contribution is 9.09. The minimum absolute atomic E-state index is 0.0161. The topological polar surface area (TPSA) is 9.23 Å². The third kappa shape index (κ3) is 3.57. The van der Waals surface area contributed by atoms with Crippen molar-refractivity contribution in [1.29, 1.82) is 0 Å². The normalized spacial score (nSPS) is 12.2. The number of benzene rings is 2. The number of hydrogen-bond acceptors (Lipinski definition) is 1. The Bertz CT molecular complexity index is 531. The maximum atomic E-state index is 13.4. The molecule has 0 aromatic heterocycles. The number of ether oxygens (including phenoxy) is 1. The first-order valence-electron chi connectivity index (χ1n) is 6.24. The standard InChI is InChI=1S/C16H16BrFO/c1-3-19-15-6-4-12(5-7-15)16(17)13-8-11(2)9-14(18)10-13/h4-10,16H,3H2,1-2H3. The number of hydrogen-bond donors (Lipinski definition) is 0. The van der Waals surface area contributed by atoms with Crippen LogP contribution in [-0.4, -0.2) is 6.61 Å². The zero-order valence-corrected chi connectivity index (χ0v) is 12.6. The van der Waals surface area contributed by atoms with Gasteiger partial charge in [-0.25, -0.2) is 4.39 Å². The summed E-state index contributed by atoms with van der Waals surface area (Å²) in [6, 6.07) is 12.9. The van der Waals surface area contributed by atoms with Crippen molar-refractivity contribution in [3.63, 3.8) is 0 Å². The summed E-state index contributed by atoms with van der Waals surface area (Å²) < 4.78 is 18.8. The lowest BCUT2D eigenvalue weighted by Gasteiger charge is -2.12. The smallest absolute Gasteiger partial charge is 0.123 e. The molecule has 100 valence electrons. The average Bonchev–Trinajstić information content (AvgIpc) is 2.38. The Labute approximate surface area is 121 Å². The SMILES string of the molecule is CCOc1ccc(C(Br)c2cc(C)cc(F)c2)cc1. The molecule has 3 heteroatoms. The van der Waals surface area contributed by atoms with Crippen molar-refractivity contribution in [2.75, 3.05) is 6.61 Å². The minimum Gasteiger partial charge on any atom is -0.494 e. The molecule has 0 aliphatic heterocycles. The van der Waals surface area contributed by atoms with E-state index in [0.717, 1.165) is 22.4 Å². The van der Waals surface area contributed by atoms with Gasteiger partial charge >= 0.3 is 0 Å². The molecule has 0 heterocycles. The summed E-state index contributed by atoms with van der Waals surface area (Å²) in [6.45, 7) is 4.50. The van der Waals surface area contributed by atoms with Gasteiger partial charge in [0, 0.05) is 0 Å². The van der Waals surface area contributed by atoms with Gasteiger partial charge in [0.1, 0.15) is 11.6 Å². The maximum absolute atomic E-state index is 13.4. The molecule has 0 spiro atoms. The van der Waals surface area contributed by atoms with E-state index in [1.807, 2.05) is 44.2 Å². The third-order valence-electron chi connectivity index (χ3n) is 2.84. The molecule has 0 N–H and O–H groups in total. The summed E-state index contributed by atoms with van der Waals surface area (Å²) in [5.41, 5.74) is 2.92. The van der Waals surface area contributed by atoms with E-state index in [-0.39, 0.29) is 10.6 Å². The summed E-state index contributed by atoms with van der Waals surface area (Å²) in [5, 5.41) is 0. The van der Waals surface area contributed by atoms with Crippen LogP contribution in [0.2, 0.25) is 0 Å². The highest BCUT2D eigenvalue weighted by atomic mass is 79.9. The lowest BCUT2D eigenvalue weighted by atomic mass is 10.0. The van der Waals surface area contributed by atoms with E-state index >= 15 is 0 Å². The van der Waals surface area contributed by atoms with Crippen LogP contribution in [0.15, 0.2) is 42.5 Å². The lowest BCUT2D eigenvalue weighted by molar-refractivity contribution is 0.340. The van der Waals surface area contributed by atoms with E-state index in [1.165, 1.54) is 6.07 Å². The zero-order chi connectivity index (χ0) is 13.8. The first-order valence-corrected chi connectivity index (χ1v) is 7.15. The molecule has 1 unspecified atom stereocenters. The molecule has 0 radical (unpaired) electrons. The summed E-state index contributed by atoms with van der Waals surface area (Å²) >= 11 is 3.62.